The van der Waals surface area contributed by atoms with Gasteiger partial charge in [0.05, 0.1) is 26.3 Å². The number of rotatable bonds is 7. The summed E-state index contributed by atoms with van der Waals surface area (Å²) in [6.45, 7) is 6.12. The summed E-state index contributed by atoms with van der Waals surface area (Å²) in [5.74, 6) is 0.488. The largest absolute Gasteiger partial charge is 0.497 e. The highest BCUT2D eigenvalue weighted by atomic mass is 16.5. The zero-order chi connectivity index (χ0) is 25.5. The molecule has 0 saturated heterocycles. The summed E-state index contributed by atoms with van der Waals surface area (Å²) in [5.41, 5.74) is 1.73. The van der Waals surface area contributed by atoms with E-state index in [-0.39, 0.29) is 42.9 Å². The van der Waals surface area contributed by atoms with E-state index in [2.05, 4.69) is 10.3 Å². The molecule has 0 aliphatic carbocycles. The number of nitrogens with one attached hydrogen (secondary N) is 1. The summed E-state index contributed by atoms with van der Waals surface area (Å²) in [5, 5.41) is 12.6. The molecule has 0 bridgehead atoms. The molecule has 3 amide bonds. The Bertz CT molecular complexity index is 1070. The summed E-state index contributed by atoms with van der Waals surface area (Å²) < 4.78 is 11.5. The molecule has 0 spiro atoms. The first-order valence-electron chi connectivity index (χ1n) is 11.6. The molecule has 1 aromatic carbocycles. The molecule has 9 nitrogen and oxygen atoms in total. The Balaban J connectivity index is 1.85. The first kappa shape index (κ1) is 26.0. The summed E-state index contributed by atoms with van der Waals surface area (Å²) in [4.78, 5) is 33.9. The van der Waals surface area contributed by atoms with Crippen LogP contribution in [-0.2, 0) is 0 Å². The van der Waals surface area contributed by atoms with Gasteiger partial charge in [-0.15, -0.1) is 0 Å². The first-order chi connectivity index (χ1) is 16.8. The highest BCUT2D eigenvalue weighted by Gasteiger charge is 2.34. The number of amides is 3. The zero-order valence-corrected chi connectivity index (χ0v) is 20.9. The fraction of sp³-hybridized carbons (Fsp3) is 0.423. The van der Waals surface area contributed by atoms with E-state index in [1.54, 1.807) is 62.5 Å². The standard InChI is InChI=1S/C26H34N4O5/c1-6-8-19-11-22-24(27-13-19)35-23(17(2)14-30(25(22)32)18(3)16-31)15-29(4)26(33)28-20-9-7-10-21(12-20)34-5/h6-13,17-18,23,31H,14-16H2,1-5H3,(H,28,33)/b8-6+/t17-,18-,23+/m1/s1. The molecule has 0 unspecified atom stereocenters. The van der Waals surface area contributed by atoms with Crippen molar-refractivity contribution in [2.45, 2.75) is 32.9 Å². The zero-order valence-electron chi connectivity index (χ0n) is 20.9. The molecule has 35 heavy (non-hydrogen) atoms. The summed E-state index contributed by atoms with van der Waals surface area (Å²) in [6, 6.07) is 8.19. The van der Waals surface area contributed by atoms with Gasteiger partial charge in [-0.3, -0.25) is 4.79 Å². The summed E-state index contributed by atoms with van der Waals surface area (Å²) >= 11 is 0. The van der Waals surface area contributed by atoms with Crippen LogP contribution in [0.25, 0.3) is 6.08 Å². The molecule has 0 radical (unpaired) electrons. The number of hydrogen-bond acceptors (Lipinski definition) is 6. The van der Waals surface area contributed by atoms with Crippen molar-refractivity contribution in [3.63, 3.8) is 0 Å². The van der Waals surface area contributed by atoms with Crippen molar-refractivity contribution in [1.29, 1.82) is 0 Å². The molecular weight excluding hydrogens is 448 g/mol. The van der Waals surface area contributed by atoms with Crippen molar-refractivity contribution in [2.75, 3.05) is 39.2 Å². The monoisotopic (exact) mass is 482 g/mol. The maximum absolute atomic E-state index is 13.4. The number of fused-ring (bicyclic) bond motifs is 1. The second-order valence-electron chi connectivity index (χ2n) is 8.79. The molecule has 0 fully saturated rings. The van der Waals surface area contributed by atoms with E-state index in [1.807, 2.05) is 26.0 Å². The number of benzene rings is 1. The number of hydrogen-bond donors (Lipinski definition) is 2. The molecule has 0 saturated carbocycles. The summed E-state index contributed by atoms with van der Waals surface area (Å²) in [7, 11) is 3.26. The Morgan fingerprint density at radius 2 is 2.20 bits per heavy atom. The molecule has 1 aliphatic rings. The highest BCUT2D eigenvalue weighted by molar-refractivity contribution is 5.97. The third-order valence-corrected chi connectivity index (χ3v) is 6.02. The number of urea groups is 1. The lowest BCUT2D eigenvalue weighted by atomic mass is 10.00. The smallest absolute Gasteiger partial charge is 0.321 e. The van der Waals surface area contributed by atoms with E-state index < -0.39 is 6.10 Å². The Labute approximate surface area is 206 Å². The van der Waals surface area contributed by atoms with Crippen LogP contribution < -0.4 is 14.8 Å². The van der Waals surface area contributed by atoms with Crippen molar-refractivity contribution in [3.05, 3.63) is 53.7 Å². The topological polar surface area (TPSA) is 104 Å². The minimum Gasteiger partial charge on any atom is -0.497 e. The summed E-state index contributed by atoms with van der Waals surface area (Å²) in [6.07, 6.45) is 4.94. The maximum atomic E-state index is 13.4. The van der Waals surface area contributed by atoms with Gasteiger partial charge in [0.15, 0.2) is 0 Å². The van der Waals surface area contributed by atoms with Crippen molar-refractivity contribution in [3.8, 4) is 11.6 Å². The van der Waals surface area contributed by atoms with Gasteiger partial charge in [-0.1, -0.05) is 25.1 Å². The van der Waals surface area contributed by atoms with Crippen LogP contribution in [0.5, 0.6) is 11.6 Å². The van der Waals surface area contributed by atoms with Crippen molar-refractivity contribution >= 4 is 23.7 Å². The highest BCUT2D eigenvalue weighted by Crippen LogP contribution is 2.28. The molecule has 9 heteroatoms. The second kappa shape index (κ2) is 11.7. The fourth-order valence-corrected chi connectivity index (χ4v) is 3.89. The quantitative estimate of drug-likeness (QED) is 0.626. The number of ether oxygens (including phenoxy) is 2. The van der Waals surface area contributed by atoms with Gasteiger partial charge in [0, 0.05) is 37.5 Å². The van der Waals surface area contributed by atoms with E-state index in [0.29, 0.717) is 23.5 Å². The molecule has 2 heterocycles. The van der Waals surface area contributed by atoms with Crippen LogP contribution >= 0.6 is 0 Å². The molecule has 1 aromatic heterocycles. The van der Waals surface area contributed by atoms with E-state index in [1.165, 1.54) is 4.90 Å². The number of carbonyl (C=O) groups is 2. The van der Waals surface area contributed by atoms with E-state index in [0.717, 1.165) is 5.56 Å². The number of carbonyl (C=O) groups excluding carboxylic acids is 2. The van der Waals surface area contributed by atoms with Crippen LogP contribution in [0.2, 0.25) is 0 Å². The lowest BCUT2D eigenvalue weighted by Crippen LogP contribution is -2.50. The van der Waals surface area contributed by atoms with Crippen molar-refractivity contribution in [2.24, 2.45) is 5.92 Å². The number of pyridine rings is 1. The molecule has 2 N–H and O–H groups in total. The van der Waals surface area contributed by atoms with Gasteiger partial charge in [0.25, 0.3) is 5.91 Å². The van der Waals surface area contributed by atoms with Crippen molar-refractivity contribution < 1.29 is 24.2 Å². The predicted octanol–water partition coefficient (Wildman–Crippen LogP) is 3.51. The first-order valence-corrected chi connectivity index (χ1v) is 11.6. The number of anilines is 1. The van der Waals surface area contributed by atoms with Crippen molar-refractivity contribution in [1.82, 2.24) is 14.8 Å². The lowest BCUT2D eigenvalue weighted by molar-refractivity contribution is 0.0356. The van der Waals surface area contributed by atoms with E-state index in [9.17, 15) is 14.7 Å². The van der Waals surface area contributed by atoms with Crippen LogP contribution in [0, 0.1) is 5.92 Å². The number of aliphatic hydroxyl groups excluding tert-OH is 1. The fourth-order valence-electron chi connectivity index (χ4n) is 3.89. The lowest BCUT2D eigenvalue weighted by Gasteiger charge is -2.37. The number of methoxy groups -OCH3 is 1. The van der Waals surface area contributed by atoms with Crippen LogP contribution in [0.3, 0.4) is 0 Å². The maximum Gasteiger partial charge on any atom is 0.321 e. The van der Waals surface area contributed by atoms with E-state index in [4.69, 9.17) is 9.47 Å². The van der Waals surface area contributed by atoms with Gasteiger partial charge < -0.3 is 29.7 Å². The van der Waals surface area contributed by atoms with Gasteiger partial charge in [0.2, 0.25) is 5.88 Å². The van der Waals surface area contributed by atoms with Crippen LogP contribution in [0.1, 0.15) is 36.7 Å². The van der Waals surface area contributed by atoms with Gasteiger partial charge in [-0.05, 0) is 37.6 Å². The third kappa shape index (κ3) is 6.30. The third-order valence-electron chi connectivity index (χ3n) is 6.02. The molecule has 2 aromatic rings. The van der Waals surface area contributed by atoms with Gasteiger partial charge in [-0.2, -0.15) is 0 Å². The normalized spacial score (nSPS) is 18.8. The minimum absolute atomic E-state index is 0.134. The Morgan fingerprint density at radius 3 is 2.89 bits per heavy atom. The molecule has 3 atom stereocenters. The van der Waals surface area contributed by atoms with Crippen LogP contribution in [0.4, 0.5) is 10.5 Å². The van der Waals surface area contributed by atoms with Gasteiger partial charge in [-0.25, -0.2) is 9.78 Å². The Morgan fingerprint density at radius 1 is 1.43 bits per heavy atom. The second-order valence-corrected chi connectivity index (χ2v) is 8.79. The Hall–Kier alpha value is -3.59. The van der Waals surface area contributed by atoms with Gasteiger partial charge in [0.1, 0.15) is 17.4 Å². The van der Waals surface area contributed by atoms with Crippen LogP contribution in [0.15, 0.2) is 42.6 Å². The minimum atomic E-state index is -0.434. The number of allylic oxidation sites excluding steroid dienone is 1. The number of likely N-dealkylation sites (N-methyl/N-ethyl adjacent to an activating group) is 1. The Kier molecular flexibility index (Phi) is 8.70. The predicted molar refractivity (Wildman–Crippen MR) is 135 cm³/mol. The van der Waals surface area contributed by atoms with Gasteiger partial charge >= 0.3 is 6.03 Å². The van der Waals surface area contributed by atoms with E-state index >= 15 is 0 Å². The molecule has 1 aliphatic heterocycles. The molecule has 3 rings (SSSR count). The average molecular weight is 483 g/mol. The van der Waals surface area contributed by atoms with Crippen LogP contribution in [-0.4, -0.2) is 77.8 Å². The average Bonchev–Trinajstić information content (AvgIpc) is 2.86. The molecular formula is C26H34N4O5. The number of aromatic nitrogens is 1. The SMILES string of the molecule is C/C=C/c1cnc2c(c1)C(=O)N([C@H](C)CO)C[C@@H](C)[C@H](CN(C)C(=O)Nc1cccc(OC)c1)O2. The number of nitrogens with zero attached hydrogens (tertiary/aromatic N) is 3. The molecule has 188 valence electrons. The number of aliphatic hydroxyl groups is 1.